The topological polar surface area (TPSA) is 58.1 Å². The first-order valence-corrected chi connectivity index (χ1v) is 8.16. The lowest BCUT2D eigenvalue weighted by molar-refractivity contribution is -0.133. The van der Waals surface area contributed by atoms with Crippen LogP contribution < -0.4 is 5.32 Å². The van der Waals surface area contributed by atoms with E-state index in [1.54, 1.807) is 23.0 Å². The Kier molecular flexibility index (Phi) is 5.23. The van der Waals surface area contributed by atoms with Gasteiger partial charge in [0.15, 0.2) is 0 Å². The van der Waals surface area contributed by atoms with E-state index in [-0.39, 0.29) is 11.8 Å². The third-order valence-electron chi connectivity index (χ3n) is 3.72. The van der Waals surface area contributed by atoms with E-state index in [4.69, 9.17) is 0 Å². The van der Waals surface area contributed by atoms with Crippen LogP contribution >= 0.6 is 11.8 Å². The Morgan fingerprint density at radius 1 is 1.30 bits per heavy atom. The predicted molar refractivity (Wildman–Crippen MR) is 81.9 cm³/mol. The summed E-state index contributed by atoms with van der Waals surface area (Å²) in [7, 11) is 3.66. The Morgan fingerprint density at radius 3 is 2.60 bits per heavy atom. The van der Waals surface area contributed by atoms with Crippen molar-refractivity contribution in [2.24, 2.45) is 5.92 Å². The number of hydrogen-bond donors (Lipinski definition) is 1. The molecular weight excluding hydrogens is 272 g/mol. The van der Waals surface area contributed by atoms with Gasteiger partial charge >= 0.3 is 0 Å². The summed E-state index contributed by atoms with van der Waals surface area (Å²) in [5, 5.41) is 4.43. The number of carbonyl (C=O) groups is 1. The number of aromatic nitrogens is 2. The second-order valence-corrected chi connectivity index (χ2v) is 6.20. The minimum absolute atomic E-state index is 0.190. The zero-order valence-corrected chi connectivity index (χ0v) is 13.1. The molecule has 0 unspecified atom stereocenters. The lowest BCUT2D eigenvalue weighted by atomic mass is 9.85. The van der Waals surface area contributed by atoms with Gasteiger partial charge in [0.2, 0.25) is 5.91 Å². The average molecular weight is 294 g/mol. The monoisotopic (exact) mass is 294 g/mol. The minimum atomic E-state index is 0.190. The molecule has 20 heavy (non-hydrogen) atoms. The maximum absolute atomic E-state index is 11.9. The Hall–Kier alpha value is -1.30. The van der Waals surface area contributed by atoms with Crippen molar-refractivity contribution in [3.05, 3.63) is 12.4 Å². The molecule has 1 aliphatic rings. The van der Waals surface area contributed by atoms with Crippen molar-refractivity contribution in [2.75, 3.05) is 25.7 Å². The smallest absolute Gasteiger partial charge is 0.225 e. The van der Waals surface area contributed by atoms with Crippen molar-refractivity contribution in [3.8, 4) is 0 Å². The fourth-order valence-corrected chi connectivity index (χ4v) is 2.97. The first-order valence-electron chi connectivity index (χ1n) is 6.94. The number of thioether (sulfide) groups is 1. The first-order chi connectivity index (χ1) is 9.60. The summed E-state index contributed by atoms with van der Waals surface area (Å²) < 4.78 is 0. The quantitative estimate of drug-likeness (QED) is 0.682. The Bertz CT molecular complexity index is 458. The summed E-state index contributed by atoms with van der Waals surface area (Å²) in [5.74, 6) is 1.33. The summed E-state index contributed by atoms with van der Waals surface area (Å²) in [5.41, 5.74) is 0. The van der Waals surface area contributed by atoms with Gasteiger partial charge in [0.05, 0.1) is 0 Å². The Balaban J connectivity index is 1.86. The summed E-state index contributed by atoms with van der Waals surface area (Å²) in [6.07, 6.45) is 7.54. The summed E-state index contributed by atoms with van der Waals surface area (Å²) in [4.78, 5) is 22.1. The summed E-state index contributed by atoms with van der Waals surface area (Å²) in [6.45, 7) is 0. The standard InChI is InChI=1S/C14H22N4OS/c1-18(2)14(19)10-4-6-11(7-5-10)17-12-8-13(20-3)16-9-15-12/h8-11H,4-7H2,1-3H3,(H,15,16,17). The number of rotatable bonds is 4. The van der Waals surface area contributed by atoms with Crippen molar-refractivity contribution in [1.29, 1.82) is 0 Å². The van der Waals surface area contributed by atoms with E-state index >= 15 is 0 Å². The van der Waals surface area contributed by atoms with Crippen LogP contribution in [0.5, 0.6) is 0 Å². The Labute approximate surface area is 124 Å². The zero-order valence-electron chi connectivity index (χ0n) is 12.3. The number of amides is 1. The number of anilines is 1. The van der Waals surface area contributed by atoms with Crippen molar-refractivity contribution < 1.29 is 4.79 Å². The SMILES string of the molecule is CSc1cc(NC2CCC(C(=O)N(C)C)CC2)ncn1. The maximum Gasteiger partial charge on any atom is 0.225 e. The van der Waals surface area contributed by atoms with E-state index in [9.17, 15) is 4.79 Å². The molecule has 5 nitrogen and oxygen atoms in total. The maximum atomic E-state index is 11.9. The molecule has 110 valence electrons. The minimum Gasteiger partial charge on any atom is -0.367 e. The van der Waals surface area contributed by atoms with Crippen LogP contribution in [0.2, 0.25) is 0 Å². The van der Waals surface area contributed by atoms with Crippen LogP contribution in [0, 0.1) is 5.92 Å². The summed E-state index contributed by atoms with van der Waals surface area (Å²) in [6, 6.07) is 2.38. The molecule has 6 heteroatoms. The fourth-order valence-electron chi connectivity index (χ4n) is 2.59. The van der Waals surface area contributed by atoms with Gasteiger partial charge in [0.25, 0.3) is 0 Å². The van der Waals surface area contributed by atoms with Gasteiger partial charge in [0, 0.05) is 32.1 Å². The van der Waals surface area contributed by atoms with Crippen LogP contribution in [0.25, 0.3) is 0 Å². The van der Waals surface area contributed by atoms with Gasteiger partial charge < -0.3 is 10.2 Å². The van der Waals surface area contributed by atoms with Crippen LogP contribution in [0.1, 0.15) is 25.7 Å². The number of nitrogens with zero attached hydrogens (tertiary/aromatic N) is 3. The molecule has 0 aromatic carbocycles. The van der Waals surface area contributed by atoms with Crippen molar-refractivity contribution >= 4 is 23.5 Å². The molecule has 1 amide bonds. The number of carbonyl (C=O) groups excluding carboxylic acids is 1. The van der Waals surface area contributed by atoms with Gasteiger partial charge in [-0.3, -0.25) is 4.79 Å². The van der Waals surface area contributed by atoms with Crippen molar-refractivity contribution in [1.82, 2.24) is 14.9 Å². The lowest BCUT2D eigenvalue weighted by Gasteiger charge is -2.30. The molecule has 0 bridgehead atoms. The van der Waals surface area contributed by atoms with Crippen LogP contribution in [0.15, 0.2) is 17.4 Å². The third-order valence-corrected chi connectivity index (χ3v) is 4.36. The largest absolute Gasteiger partial charge is 0.367 e. The van der Waals surface area contributed by atoms with Gasteiger partial charge in [-0.05, 0) is 31.9 Å². The van der Waals surface area contributed by atoms with Gasteiger partial charge in [-0.25, -0.2) is 9.97 Å². The second kappa shape index (κ2) is 6.92. The van der Waals surface area contributed by atoms with Crippen LogP contribution in [0.4, 0.5) is 5.82 Å². The predicted octanol–water partition coefficient (Wildman–Crippen LogP) is 2.26. The molecule has 1 aliphatic carbocycles. The van der Waals surface area contributed by atoms with E-state index in [1.807, 2.05) is 26.4 Å². The number of hydrogen-bond acceptors (Lipinski definition) is 5. The summed E-state index contributed by atoms with van der Waals surface area (Å²) >= 11 is 1.61. The van der Waals surface area contributed by atoms with E-state index in [0.717, 1.165) is 36.5 Å². The van der Waals surface area contributed by atoms with E-state index < -0.39 is 0 Å². The zero-order chi connectivity index (χ0) is 14.5. The molecule has 1 aromatic heterocycles. The first kappa shape index (κ1) is 15.1. The van der Waals surface area contributed by atoms with Crippen molar-refractivity contribution in [2.45, 2.75) is 36.8 Å². The molecule has 1 aromatic rings. The molecule has 1 N–H and O–H groups in total. The molecular formula is C14H22N4OS. The molecule has 1 fully saturated rings. The van der Waals surface area contributed by atoms with E-state index in [0.29, 0.717) is 6.04 Å². The highest BCUT2D eigenvalue weighted by Gasteiger charge is 2.27. The molecule has 1 saturated carbocycles. The second-order valence-electron chi connectivity index (χ2n) is 5.37. The molecule has 0 atom stereocenters. The van der Waals surface area contributed by atoms with Crippen LogP contribution in [-0.2, 0) is 4.79 Å². The highest BCUT2D eigenvalue weighted by atomic mass is 32.2. The molecule has 0 spiro atoms. The lowest BCUT2D eigenvalue weighted by Crippen LogP contribution is -2.35. The molecule has 1 heterocycles. The van der Waals surface area contributed by atoms with Crippen LogP contribution in [0.3, 0.4) is 0 Å². The van der Waals surface area contributed by atoms with E-state index in [2.05, 4.69) is 15.3 Å². The normalized spacial score (nSPS) is 22.4. The average Bonchev–Trinajstić information content (AvgIpc) is 2.47. The molecule has 0 saturated heterocycles. The van der Waals surface area contributed by atoms with Gasteiger partial charge in [-0.15, -0.1) is 11.8 Å². The molecule has 2 rings (SSSR count). The third kappa shape index (κ3) is 3.85. The molecule has 0 aliphatic heterocycles. The van der Waals surface area contributed by atoms with Crippen LogP contribution in [-0.4, -0.2) is 47.2 Å². The highest BCUT2D eigenvalue weighted by molar-refractivity contribution is 7.98. The van der Waals surface area contributed by atoms with Crippen molar-refractivity contribution in [3.63, 3.8) is 0 Å². The van der Waals surface area contributed by atoms with E-state index in [1.165, 1.54) is 0 Å². The Morgan fingerprint density at radius 2 is 2.00 bits per heavy atom. The number of nitrogens with one attached hydrogen (secondary N) is 1. The molecule has 0 radical (unpaired) electrons. The van der Waals surface area contributed by atoms with Gasteiger partial charge in [-0.2, -0.15) is 0 Å². The van der Waals surface area contributed by atoms with Gasteiger partial charge in [-0.1, -0.05) is 0 Å². The highest BCUT2D eigenvalue weighted by Crippen LogP contribution is 2.27. The fraction of sp³-hybridized carbons (Fsp3) is 0.643. The van der Waals surface area contributed by atoms with Gasteiger partial charge in [0.1, 0.15) is 17.2 Å².